The molecule has 24 heavy (non-hydrogen) atoms. The van der Waals surface area contributed by atoms with E-state index in [2.05, 4.69) is 11.4 Å². The van der Waals surface area contributed by atoms with Crippen LogP contribution in [0.2, 0.25) is 0 Å². The lowest BCUT2D eigenvalue weighted by molar-refractivity contribution is -0.186. The van der Waals surface area contributed by atoms with Gasteiger partial charge >= 0.3 is 11.9 Å². The fourth-order valence-electron chi connectivity index (χ4n) is 2.35. The number of morpholine rings is 1. The Labute approximate surface area is 137 Å². The normalized spacial score (nSPS) is 24.7. The maximum atomic E-state index is 9.55. The number of aliphatic carboxylic acids is 2. The summed E-state index contributed by atoms with van der Waals surface area (Å²) >= 11 is 0. The standard InChI is InChI=1S/C12H12N2O2.C4H4O4/c13-5-9-1-3-10(4-2-9)12-8-14-6-11(16-12)7-15-12;5-3(6)1-2-4(7)8/h1-4,11,14H,6-8H2;1-2H,(H,5,6)(H,7,8)/b;2-1+. The number of nitrogens with zero attached hydrogens (tertiary/aromatic N) is 1. The van der Waals surface area contributed by atoms with Crippen molar-refractivity contribution in [2.24, 2.45) is 0 Å². The number of ether oxygens (including phenoxy) is 2. The number of carboxylic acid groups (broad SMARTS) is 2. The van der Waals surface area contributed by atoms with Gasteiger partial charge in [-0.05, 0) is 12.1 Å². The molecular formula is C16H16N2O6. The Bertz CT molecular complexity index is 659. The molecule has 2 atom stereocenters. The topological polar surface area (TPSA) is 129 Å². The average Bonchev–Trinajstić information content (AvgIpc) is 2.89. The van der Waals surface area contributed by atoms with E-state index in [-0.39, 0.29) is 6.10 Å². The molecule has 8 heteroatoms. The molecular weight excluding hydrogens is 316 g/mol. The highest BCUT2D eigenvalue weighted by atomic mass is 16.7. The molecule has 3 rings (SSSR count). The quantitative estimate of drug-likeness (QED) is 0.680. The van der Waals surface area contributed by atoms with Gasteiger partial charge in [0.15, 0.2) is 0 Å². The third-order valence-corrected chi connectivity index (χ3v) is 3.41. The number of carbonyl (C=O) groups is 2. The van der Waals surface area contributed by atoms with Gasteiger partial charge in [0.2, 0.25) is 5.79 Å². The van der Waals surface area contributed by atoms with Crippen LogP contribution in [-0.4, -0.2) is 48.0 Å². The largest absolute Gasteiger partial charge is 0.478 e. The first-order chi connectivity index (χ1) is 11.4. The molecule has 8 nitrogen and oxygen atoms in total. The second kappa shape index (κ2) is 7.70. The molecule has 126 valence electrons. The van der Waals surface area contributed by atoms with Gasteiger partial charge in [-0.1, -0.05) is 12.1 Å². The number of carboxylic acids is 2. The Morgan fingerprint density at radius 1 is 1.25 bits per heavy atom. The van der Waals surface area contributed by atoms with E-state index >= 15 is 0 Å². The second-order valence-corrected chi connectivity index (χ2v) is 5.13. The average molecular weight is 332 g/mol. The van der Waals surface area contributed by atoms with Gasteiger partial charge in [0.05, 0.1) is 30.9 Å². The van der Waals surface area contributed by atoms with Gasteiger partial charge in [-0.25, -0.2) is 9.59 Å². The number of benzene rings is 1. The van der Waals surface area contributed by atoms with Crippen LogP contribution in [0, 0.1) is 11.3 Å². The molecule has 2 fully saturated rings. The first-order valence-corrected chi connectivity index (χ1v) is 7.12. The summed E-state index contributed by atoms with van der Waals surface area (Å²) in [6, 6.07) is 9.48. The van der Waals surface area contributed by atoms with Crippen LogP contribution >= 0.6 is 0 Å². The lowest BCUT2D eigenvalue weighted by atomic mass is 10.0. The Hall–Kier alpha value is -2.73. The minimum absolute atomic E-state index is 0.143. The molecule has 0 radical (unpaired) electrons. The lowest BCUT2D eigenvalue weighted by Crippen LogP contribution is -2.46. The summed E-state index contributed by atoms with van der Waals surface area (Å²) in [6.07, 6.45) is 1.26. The molecule has 2 aliphatic rings. The summed E-state index contributed by atoms with van der Waals surface area (Å²) in [5, 5.41) is 27.7. The van der Waals surface area contributed by atoms with Crippen LogP contribution < -0.4 is 5.32 Å². The highest BCUT2D eigenvalue weighted by Crippen LogP contribution is 2.35. The zero-order chi connectivity index (χ0) is 17.6. The summed E-state index contributed by atoms with van der Waals surface area (Å²) < 4.78 is 11.6. The molecule has 3 N–H and O–H groups in total. The molecule has 1 aromatic rings. The van der Waals surface area contributed by atoms with Crippen LogP contribution in [0.25, 0.3) is 0 Å². The Kier molecular flexibility index (Phi) is 5.65. The van der Waals surface area contributed by atoms with E-state index < -0.39 is 17.7 Å². The monoisotopic (exact) mass is 332 g/mol. The van der Waals surface area contributed by atoms with Crippen molar-refractivity contribution >= 4 is 11.9 Å². The van der Waals surface area contributed by atoms with Crippen LogP contribution in [0.5, 0.6) is 0 Å². The van der Waals surface area contributed by atoms with Crippen molar-refractivity contribution in [2.45, 2.75) is 11.9 Å². The smallest absolute Gasteiger partial charge is 0.328 e. The molecule has 1 aromatic carbocycles. The minimum Gasteiger partial charge on any atom is -0.478 e. The van der Waals surface area contributed by atoms with Gasteiger partial charge in [-0.3, -0.25) is 0 Å². The van der Waals surface area contributed by atoms with Crippen molar-refractivity contribution in [3.8, 4) is 6.07 Å². The lowest BCUT2D eigenvalue weighted by Gasteiger charge is -2.32. The van der Waals surface area contributed by atoms with E-state index in [9.17, 15) is 9.59 Å². The number of nitriles is 1. The van der Waals surface area contributed by atoms with Gasteiger partial charge in [0.1, 0.15) is 0 Å². The fourth-order valence-corrected chi connectivity index (χ4v) is 2.35. The van der Waals surface area contributed by atoms with Crippen molar-refractivity contribution < 1.29 is 29.3 Å². The maximum Gasteiger partial charge on any atom is 0.328 e. The SMILES string of the molecule is N#Cc1ccc(C23CNCC(CO2)O3)cc1.O=C(O)/C=C/C(=O)O. The molecule has 0 spiro atoms. The number of rotatable bonds is 3. The van der Waals surface area contributed by atoms with Crippen LogP contribution in [0.15, 0.2) is 36.4 Å². The zero-order valence-electron chi connectivity index (χ0n) is 12.6. The first kappa shape index (κ1) is 17.6. The van der Waals surface area contributed by atoms with Crippen molar-refractivity contribution in [1.29, 1.82) is 5.26 Å². The summed E-state index contributed by atoms with van der Waals surface area (Å²) in [7, 11) is 0. The van der Waals surface area contributed by atoms with Gasteiger partial charge < -0.3 is 25.0 Å². The van der Waals surface area contributed by atoms with Gasteiger partial charge in [-0.15, -0.1) is 0 Å². The number of hydrogen-bond acceptors (Lipinski definition) is 6. The summed E-state index contributed by atoms with van der Waals surface area (Å²) in [5.41, 5.74) is 1.62. The Balaban J connectivity index is 0.000000224. The molecule has 0 aliphatic carbocycles. The molecule has 0 saturated carbocycles. The van der Waals surface area contributed by atoms with E-state index in [4.69, 9.17) is 24.9 Å². The van der Waals surface area contributed by atoms with Crippen molar-refractivity contribution in [1.82, 2.24) is 5.32 Å². The van der Waals surface area contributed by atoms with Crippen LogP contribution in [0.1, 0.15) is 11.1 Å². The molecule has 2 saturated heterocycles. The van der Waals surface area contributed by atoms with Crippen molar-refractivity contribution in [2.75, 3.05) is 19.7 Å². The van der Waals surface area contributed by atoms with E-state index in [1.54, 1.807) is 12.1 Å². The minimum atomic E-state index is -1.26. The van der Waals surface area contributed by atoms with E-state index in [0.717, 1.165) is 12.1 Å². The maximum absolute atomic E-state index is 9.55. The Morgan fingerprint density at radius 2 is 1.88 bits per heavy atom. The summed E-state index contributed by atoms with van der Waals surface area (Å²) in [6.45, 7) is 2.14. The number of fused-ring (bicyclic) bond motifs is 2. The summed E-state index contributed by atoms with van der Waals surface area (Å²) in [5.74, 6) is -3.16. The zero-order valence-corrected chi connectivity index (χ0v) is 12.6. The van der Waals surface area contributed by atoms with Crippen molar-refractivity contribution in [3.63, 3.8) is 0 Å². The number of nitrogens with one attached hydrogen (secondary N) is 1. The van der Waals surface area contributed by atoms with Gasteiger partial charge in [-0.2, -0.15) is 5.26 Å². The summed E-state index contributed by atoms with van der Waals surface area (Å²) in [4.78, 5) is 19.1. The third kappa shape index (κ3) is 4.39. The third-order valence-electron chi connectivity index (χ3n) is 3.41. The molecule has 2 heterocycles. The molecule has 2 unspecified atom stereocenters. The second-order valence-electron chi connectivity index (χ2n) is 5.13. The predicted molar refractivity (Wildman–Crippen MR) is 80.9 cm³/mol. The van der Waals surface area contributed by atoms with Crippen molar-refractivity contribution in [3.05, 3.63) is 47.5 Å². The highest BCUT2D eigenvalue weighted by Gasteiger charge is 2.45. The van der Waals surface area contributed by atoms with E-state index in [0.29, 0.717) is 30.9 Å². The van der Waals surface area contributed by atoms with Crippen LogP contribution in [0.4, 0.5) is 0 Å². The molecule has 0 amide bonds. The van der Waals surface area contributed by atoms with Gasteiger partial charge in [0.25, 0.3) is 0 Å². The van der Waals surface area contributed by atoms with E-state index in [1.165, 1.54) is 0 Å². The molecule has 2 aliphatic heterocycles. The fraction of sp³-hybridized carbons (Fsp3) is 0.312. The Morgan fingerprint density at radius 3 is 2.42 bits per heavy atom. The van der Waals surface area contributed by atoms with E-state index in [1.807, 2.05) is 12.1 Å². The van der Waals surface area contributed by atoms with Crippen LogP contribution in [-0.2, 0) is 24.8 Å². The molecule has 2 bridgehead atoms. The first-order valence-electron chi connectivity index (χ1n) is 7.12. The highest BCUT2D eigenvalue weighted by molar-refractivity contribution is 5.89. The molecule has 0 aromatic heterocycles. The van der Waals surface area contributed by atoms with Crippen LogP contribution in [0.3, 0.4) is 0 Å². The van der Waals surface area contributed by atoms with Gasteiger partial charge in [0, 0.05) is 24.3 Å². The number of hydrogen-bond donors (Lipinski definition) is 3. The predicted octanol–water partition coefficient (Wildman–Crippen LogP) is 0.441.